The lowest BCUT2D eigenvalue weighted by Crippen LogP contribution is -2.49. The molecule has 28 heavy (non-hydrogen) atoms. The van der Waals surface area contributed by atoms with Crippen LogP contribution in [0, 0.1) is 0 Å². The van der Waals surface area contributed by atoms with Crippen molar-refractivity contribution in [1.29, 1.82) is 0 Å². The van der Waals surface area contributed by atoms with Crippen LogP contribution in [0.3, 0.4) is 0 Å². The molecule has 0 unspecified atom stereocenters. The lowest BCUT2D eigenvalue weighted by molar-refractivity contribution is -0.133. The minimum atomic E-state index is -3.22. The molecule has 0 saturated carbocycles. The number of hydrogen-bond acceptors (Lipinski definition) is 7. The van der Waals surface area contributed by atoms with Gasteiger partial charge in [0.25, 0.3) is 0 Å². The summed E-state index contributed by atoms with van der Waals surface area (Å²) in [4.78, 5) is 16.4. The second kappa shape index (κ2) is 9.71. The van der Waals surface area contributed by atoms with Crippen LogP contribution in [0.15, 0.2) is 29.2 Å². The largest absolute Gasteiger partial charge is 0.494 e. The molecule has 1 fully saturated rings. The number of carbonyl (C=O) groups excluding carboxylic acids is 1. The Kier molecular flexibility index (Phi) is 7.85. The van der Waals surface area contributed by atoms with Gasteiger partial charge in [-0.15, -0.1) is 0 Å². The molecule has 8 nitrogen and oxygen atoms in total. The van der Waals surface area contributed by atoms with Crippen molar-refractivity contribution in [2.75, 3.05) is 57.6 Å². The SMILES string of the molecule is CS(=O)(=O)CCN1CCN(C(=O)CCCOc2ccc(S(C)(=O)=O)cc2)CC1. The lowest BCUT2D eigenvalue weighted by Gasteiger charge is -2.34. The van der Waals surface area contributed by atoms with E-state index in [1.54, 1.807) is 17.0 Å². The number of benzene rings is 1. The number of sulfone groups is 2. The monoisotopic (exact) mass is 432 g/mol. The van der Waals surface area contributed by atoms with Crippen LogP contribution in [0.5, 0.6) is 5.75 Å². The third kappa shape index (κ3) is 7.76. The number of rotatable bonds is 9. The van der Waals surface area contributed by atoms with Crippen molar-refractivity contribution in [2.45, 2.75) is 17.7 Å². The molecule has 0 bridgehead atoms. The average Bonchev–Trinajstić information content (AvgIpc) is 2.63. The number of hydrogen-bond donors (Lipinski definition) is 0. The van der Waals surface area contributed by atoms with Crippen molar-refractivity contribution in [1.82, 2.24) is 9.80 Å². The Morgan fingerprint density at radius 1 is 1.00 bits per heavy atom. The molecule has 1 saturated heterocycles. The molecule has 1 aliphatic rings. The highest BCUT2D eigenvalue weighted by atomic mass is 32.2. The molecule has 2 rings (SSSR count). The van der Waals surface area contributed by atoms with Crippen molar-refractivity contribution < 1.29 is 26.4 Å². The van der Waals surface area contributed by atoms with Crippen molar-refractivity contribution in [3.63, 3.8) is 0 Å². The van der Waals surface area contributed by atoms with Crippen molar-refractivity contribution >= 4 is 25.6 Å². The molecule has 1 amide bonds. The molecule has 1 aromatic rings. The van der Waals surface area contributed by atoms with Crippen LogP contribution in [0.2, 0.25) is 0 Å². The Hall–Kier alpha value is -1.65. The van der Waals surface area contributed by atoms with Crippen LogP contribution >= 0.6 is 0 Å². The quantitative estimate of drug-likeness (QED) is 0.522. The van der Waals surface area contributed by atoms with Crippen molar-refractivity contribution in [3.05, 3.63) is 24.3 Å². The molecule has 1 aromatic carbocycles. The van der Waals surface area contributed by atoms with E-state index >= 15 is 0 Å². The average molecular weight is 433 g/mol. The summed E-state index contributed by atoms with van der Waals surface area (Å²) in [6, 6.07) is 6.21. The van der Waals surface area contributed by atoms with Gasteiger partial charge in [-0.05, 0) is 30.7 Å². The molecule has 0 N–H and O–H groups in total. The summed E-state index contributed by atoms with van der Waals surface area (Å²) in [5, 5.41) is 0. The number of nitrogens with zero attached hydrogens (tertiary/aromatic N) is 2. The van der Waals surface area contributed by atoms with Gasteiger partial charge in [-0.3, -0.25) is 9.69 Å². The summed E-state index contributed by atoms with van der Waals surface area (Å²) in [6.45, 7) is 3.47. The van der Waals surface area contributed by atoms with Crippen LogP contribution in [0.1, 0.15) is 12.8 Å². The van der Waals surface area contributed by atoms with Crippen LogP contribution < -0.4 is 4.74 Å². The van der Waals surface area contributed by atoms with Gasteiger partial charge >= 0.3 is 0 Å². The van der Waals surface area contributed by atoms with Crippen LogP contribution in [0.25, 0.3) is 0 Å². The van der Waals surface area contributed by atoms with Gasteiger partial charge in [0.2, 0.25) is 5.91 Å². The van der Waals surface area contributed by atoms with E-state index in [2.05, 4.69) is 4.90 Å². The topological polar surface area (TPSA) is 101 Å². The molecule has 10 heteroatoms. The zero-order chi connectivity index (χ0) is 20.8. The highest BCUT2D eigenvalue weighted by molar-refractivity contribution is 7.91. The first-order chi connectivity index (χ1) is 13.0. The summed E-state index contributed by atoms with van der Waals surface area (Å²) in [5.74, 6) is 0.779. The van der Waals surface area contributed by atoms with Gasteiger partial charge in [-0.2, -0.15) is 0 Å². The summed E-state index contributed by atoms with van der Waals surface area (Å²) in [7, 11) is -6.19. The van der Waals surface area contributed by atoms with Gasteiger partial charge < -0.3 is 9.64 Å². The Balaban J connectivity index is 1.65. The standard InChI is InChI=1S/C18H28N2O6S2/c1-27(22,23)15-13-19-9-11-20(12-10-19)18(21)4-3-14-26-16-5-7-17(8-6-16)28(2,24)25/h5-8H,3-4,9-15H2,1-2H3. The predicted octanol–water partition coefficient (Wildman–Crippen LogP) is 0.438. The Labute approximate surface area is 167 Å². The van der Waals surface area contributed by atoms with Crippen LogP contribution in [-0.2, 0) is 24.5 Å². The second-order valence-corrected chi connectivity index (χ2v) is 11.3. The first-order valence-corrected chi connectivity index (χ1v) is 13.1. The van der Waals surface area contributed by atoms with E-state index in [0.717, 1.165) is 6.26 Å². The summed E-state index contributed by atoms with van der Waals surface area (Å²) in [6.07, 6.45) is 3.33. The second-order valence-electron chi connectivity index (χ2n) is 7.05. The molecule has 0 atom stereocenters. The summed E-state index contributed by atoms with van der Waals surface area (Å²) >= 11 is 0. The van der Waals surface area contributed by atoms with E-state index in [1.807, 2.05) is 0 Å². The third-order valence-electron chi connectivity index (χ3n) is 4.56. The Morgan fingerprint density at radius 2 is 1.61 bits per heavy atom. The third-order valence-corrected chi connectivity index (χ3v) is 6.61. The molecule has 0 aliphatic carbocycles. The fourth-order valence-electron chi connectivity index (χ4n) is 2.87. The minimum absolute atomic E-state index is 0.0683. The van der Waals surface area contributed by atoms with Crippen LogP contribution in [-0.4, -0.2) is 90.1 Å². The Morgan fingerprint density at radius 3 is 2.14 bits per heavy atom. The molecular weight excluding hydrogens is 404 g/mol. The first kappa shape index (κ1) is 22.6. The maximum absolute atomic E-state index is 12.3. The Bertz CT molecular complexity index is 858. The molecular formula is C18H28N2O6S2. The molecule has 0 radical (unpaired) electrons. The van der Waals surface area contributed by atoms with Gasteiger partial charge in [0, 0.05) is 51.7 Å². The van der Waals surface area contributed by atoms with Gasteiger partial charge in [0.15, 0.2) is 9.84 Å². The van der Waals surface area contributed by atoms with E-state index in [4.69, 9.17) is 4.74 Å². The summed E-state index contributed by atoms with van der Waals surface area (Å²) < 4.78 is 50.8. The summed E-state index contributed by atoms with van der Waals surface area (Å²) in [5.41, 5.74) is 0. The van der Waals surface area contributed by atoms with Gasteiger partial charge in [0.1, 0.15) is 15.6 Å². The number of piperazine rings is 1. The zero-order valence-electron chi connectivity index (χ0n) is 16.3. The van der Waals surface area contributed by atoms with Gasteiger partial charge in [-0.25, -0.2) is 16.8 Å². The number of ether oxygens (including phenoxy) is 1. The molecule has 1 aliphatic heterocycles. The number of amides is 1. The van der Waals surface area contributed by atoms with Gasteiger partial charge in [-0.1, -0.05) is 0 Å². The van der Waals surface area contributed by atoms with E-state index in [9.17, 15) is 21.6 Å². The van der Waals surface area contributed by atoms with Crippen molar-refractivity contribution in [3.8, 4) is 5.75 Å². The molecule has 158 valence electrons. The molecule has 1 heterocycles. The van der Waals surface area contributed by atoms with E-state index in [1.165, 1.54) is 18.4 Å². The highest BCUT2D eigenvalue weighted by Crippen LogP contribution is 2.16. The highest BCUT2D eigenvalue weighted by Gasteiger charge is 2.21. The number of carbonyl (C=O) groups is 1. The molecule has 0 aromatic heterocycles. The van der Waals surface area contributed by atoms with Crippen molar-refractivity contribution in [2.24, 2.45) is 0 Å². The van der Waals surface area contributed by atoms with Gasteiger partial charge in [0.05, 0.1) is 17.3 Å². The maximum atomic E-state index is 12.3. The minimum Gasteiger partial charge on any atom is -0.494 e. The van der Waals surface area contributed by atoms with E-state index < -0.39 is 19.7 Å². The fourth-order valence-corrected chi connectivity index (χ4v) is 4.09. The molecule has 0 spiro atoms. The predicted molar refractivity (Wildman–Crippen MR) is 107 cm³/mol. The van der Waals surface area contributed by atoms with Crippen LogP contribution in [0.4, 0.5) is 0 Å². The zero-order valence-corrected chi connectivity index (χ0v) is 18.0. The maximum Gasteiger partial charge on any atom is 0.222 e. The fraction of sp³-hybridized carbons (Fsp3) is 0.611. The first-order valence-electron chi connectivity index (χ1n) is 9.15. The normalized spacial score (nSPS) is 16.1. The van der Waals surface area contributed by atoms with E-state index in [-0.39, 0.29) is 16.6 Å². The smallest absolute Gasteiger partial charge is 0.222 e. The van der Waals surface area contributed by atoms with E-state index in [0.29, 0.717) is 57.9 Å². The lowest BCUT2D eigenvalue weighted by atomic mass is 10.2.